The van der Waals surface area contributed by atoms with Gasteiger partial charge in [0, 0.05) is 11.0 Å². The number of nitrogens with one attached hydrogen (secondary N) is 3. The number of hydrogen-bond donors (Lipinski definition) is 3. The Balaban J connectivity index is 1.86. The highest BCUT2D eigenvalue weighted by atomic mass is 79.9. The Bertz CT molecular complexity index is 930. The molecule has 2 amide bonds. The highest BCUT2D eigenvalue weighted by molar-refractivity contribution is 9.10. The van der Waals surface area contributed by atoms with Crippen molar-refractivity contribution < 1.29 is 4.79 Å². The van der Waals surface area contributed by atoms with E-state index in [4.69, 9.17) is 0 Å². The average molecular weight is 401 g/mol. The summed E-state index contributed by atoms with van der Waals surface area (Å²) in [5.74, 6) is 0.987. The monoisotopic (exact) mass is 400 g/mol. The predicted molar refractivity (Wildman–Crippen MR) is 102 cm³/mol. The van der Waals surface area contributed by atoms with Crippen LogP contribution in [-0.4, -0.2) is 27.5 Å². The molecule has 0 bridgehead atoms. The molecule has 1 aromatic carbocycles. The quantitative estimate of drug-likeness (QED) is 0.615. The molecule has 7 nitrogen and oxygen atoms in total. The van der Waals surface area contributed by atoms with Gasteiger partial charge in [0.2, 0.25) is 0 Å². The molecule has 2 heterocycles. The molecule has 25 heavy (non-hydrogen) atoms. The number of aromatic nitrogens is 3. The van der Waals surface area contributed by atoms with Gasteiger partial charge in [-0.1, -0.05) is 6.07 Å². The smallest absolute Gasteiger partial charge is 0.320 e. The molecule has 0 spiro atoms. The third kappa shape index (κ3) is 4.21. The molecule has 0 radical (unpaired) electrons. The molecule has 0 saturated carbocycles. The fraction of sp³-hybridized carbons (Fsp3) is 0.176. The first-order chi connectivity index (χ1) is 12.0. The number of aryl methyl sites for hydroxylation is 1. The van der Waals surface area contributed by atoms with Gasteiger partial charge in [-0.25, -0.2) is 19.7 Å². The van der Waals surface area contributed by atoms with E-state index in [0.717, 1.165) is 15.7 Å². The maximum absolute atomic E-state index is 11.6. The van der Waals surface area contributed by atoms with Gasteiger partial charge in [0.15, 0.2) is 11.5 Å². The van der Waals surface area contributed by atoms with Crippen molar-refractivity contribution in [2.45, 2.75) is 13.8 Å². The van der Waals surface area contributed by atoms with Crippen LogP contribution in [0.2, 0.25) is 0 Å². The Kier molecular flexibility index (Phi) is 5.08. The molecule has 0 fully saturated rings. The molecule has 128 valence electrons. The number of hydrogen-bond acceptors (Lipinski definition) is 5. The molecule has 3 aromatic rings. The third-order valence-electron chi connectivity index (χ3n) is 3.37. The second-order valence-corrected chi connectivity index (χ2v) is 6.24. The van der Waals surface area contributed by atoms with Gasteiger partial charge in [-0.2, -0.15) is 0 Å². The molecule has 0 unspecified atom stereocenters. The summed E-state index contributed by atoms with van der Waals surface area (Å²) in [7, 11) is 0. The van der Waals surface area contributed by atoms with Crippen molar-refractivity contribution in [1.82, 2.24) is 20.3 Å². The number of carbonyl (C=O) groups is 1. The molecule has 8 heteroatoms. The van der Waals surface area contributed by atoms with Crippen LogP contribution in [0, 0.1) is 6.92 Å². The van der Waals surface area contributed by atoms with Gasteiger partial charge in [-0.15, -0.1) is 0 Å². The van der Waals surface area contributed by atoms with E-state index in [1.165, 1.54) is 0 Å². The lowest BCUT2D eigenvalue weighted by Crippen LogP contribution is -2.28. The van der Waals surface area contributed by atoms with Crippen molar-refractivity contribution in [3.63, 3.8) is 0 Å². The summed E-state index contributed by atoms with van der Waals surface area (Å²) in [5.41, 5.74) is 3.14. The van der Waals surface area contributed by atoms with Gasteiger partial charge in [-0.05, 0) is 59.6 Å². The number of fused-ring (bicyclic) bond motifs is 1. The molecule has 3 rings (SSSR count). The maximum atomic E-state index is 11.6. The molecule has 0 atom stereocenters. The number of anilines is 3. The van der Waals surface area contributed by atoms with E-state index >= 15 is 0 Å². The predicted octanol–water partition coefficient (Wildman–Crippen LogP) is 3.98. The Hall–Kier alpha value is -2.74. The highest BCUT2D eigenvalue weighted by Crippen LogP contribution is 2.26. The van der Waals surface area contributed by atoms with E-state index < -0.39 is 0 Å². The van der Waals surface area contributed by atoms with Crippen LogP contribution in [0.15, 0.2) is 41.0 Å². The summed E-state index contributed by atoms with van der Waals surface area (Å²) in [6.07, 6.45) is 1.65. The van der Waals surface area contributed by atoms with Crippen LogP contribution in [0.5, 0.6) is 0 Å². The van der Waals surface area contributed by atoms with Gasteiger partial charge in [-0.3, -0.25) is 5.32 Å². The van der Waals surface area contributed by atoms with Crippen molar-refractivity contribution in [3.8, 4) is 0 Å². The minimum absolute atomic E-state index is 0.305. The van der Waals surface area contributed by atoms with Crippen LogP contribution in [0.25, 0.3) is 11.2 Å². The maximum Gasteiger partial charge on any atom is 0.320 e. The molecule has 0 aliphatic rings. The average Bonchev–Trinajstić information content (AvgIpc) is 2.57. The van der Waals surface area contributed by atoms with Crippen molar-refractivity contribution in [2.75, 3.05) is 17.2 Å². The van der Waals surface area contributed by atoms with Gasteiger partial charge < -0.3 is 10.6 Å². The fourth-order valence-corrected chi connectivity index (χ4v) is 2.80. The fourth-order valence-electron chi connectivity index (χ4n) is 2.21. The number of benzene rings is 1. The number of rotatable bonds is 4. The van der Waals surface area contributed by atoms with E-state index in [-0.39, 0.29) is 6.03 Å². The normalized spacial score (nSPS) is 10.5. The SMILES string of the molecule is CCNC(=O)Nc1ccc2ncc(Nc3ccc(C)cc3Br)nc2n1. The summed E-state index contributed by atoms with van der Waals surface area (Å²) in [5, 5.41) is 8.53. The number of urea groups is 1. The zero-order valence-corrected chi connectivity index (χ0v) is 15.4. The minimum atomic E-state index is -0.305. The van der Waals surface area contributed by atoms with Gasteiger partial charge in [0.05, 0.1) is 11.9 Å². The largest absolute Gasteiger partial charge is 0.338 e. The minimum Gasteiger partial charge on any atom is -0.338 e. The zero-order valence-electron chi connectivity index (χ0n) is 13.8. The summed E-state index contributed by atoms with van der Waals surface area (Å²) in [6.45, 7) is 4.41. The number of carbonyl (C=O) groups excluding carboxylic acids is 1. The molecule has 0 saturated heterocycles. The summed E-state index contributed by atoms with van der Waals surface area (Å²) >= 11 is 3.53. The van der Waals surface area contributed by atoms with E-state index in [0.29, 0.717) is 29.3 Å². The third-order valence-corrected chi connectivity index (χ3v) is 4.03. The van der Waals surface area contributed by atoms with E-state index in [1.807, 2.05) is 32.0 Å². The first kappa shape index (κ1) is 17.1. The van der Waals surface area contributed by atoms with Crippen molar-refractivity contribution in [3.05, 3.63) is 46.6 Å². The Morgan fingerprint density at radius 3 is 2.72 bits per heavy atom. The second kappa shape index (κ2) is 7.43. The molecule has 0 aliphatic carbocycles. The zero-order chi connectivity index (χ0) is 17.8. The van der Waals surface area contributed by atoms with Crippen molar-refractivity contribution in [2.24, 2.45) is 0 Å². The summed E-state index contributed by atoms with van der Waals surface area (Å²) in [6, 6.07) is 9.14. The van der Waals surface area contributed by atoms with Gasteiger partial charge in [0.1, 0.15) is 11.3 Å². The number of pyridine rings is 1. The highest BCUT2D eigenvalue weighted by Gasteiger charge is 2.07. The van der Waals surface area contributed by atoms with Crippen LogP contribution in [0.4, 0.5) is 22.1 Å². The van der Waals surface area contributed by atoms with E-state index in [2.05, 4.69) is 46.8 Å². The molecular weight excluding hydrogens is 384 g/mol. The molecule has 3 N–H and O–H groups in total. The number of halogens is 1. The first-order valence-electron chi connectivity index (χ1n) is 7.77. The topological polar surface area (TPSA) is 91.8 Å². The van der Waals surface area contributed by atoms with Crippen LogP contribution >= 0.6 is 15.9 Å². The van der Waals surface area contributed by atoms with Crippen LogP contribution < -0.4 is 16.0 Å². The van der Waals surface area contributed by atoms with Crippen LogP contribution in [0.1, 0.15) is 12.5 Å². The second-order valence-electron chi connectivity index (χ2n) is 5.39. The lowest BCUT2D eigenvalue weighted by Gasteiger charge is -2.09. The first-order valence-corrected chi connectivity index (χ1v) is 8.56. The Labute approximate surface area is 153 Å². The lowest BCUT2D eigenvalue weighted by atomic mass is 10.2. The molecule has 0 aliphatic heterocycles. The Morgan fingerprint density at radius 2 is 1.96 bits per heavy atom. The number of nitrogens with zero attached hydrogens (tertiary/aromatic N) is 3. The van der Waals surface area contributed by atoms with Crippen molar-refractivity contribution in [1.29, 1.82) is 0 Å². The van der Waals surface area contributed by atoms with Crippen LogP contribution in [-0.2, 0) is 0 Å². The van der Waals surface area contributed by atoms with Gasteiger partial charge in [0.25, 0.3) is 0 Å². The summed E-state index contributed by atoms with van der Waals surface area (Å²) in [4.78, 5) is 24.8. The van der Waals surface area contributed by atoms with E-state index in [1.54, 1.807) is 18.3 Å². The molecular formula is C17H17BrN6O. The van der Waals surface area contributed by atoms with E-state index in [9.17, 15) is 4.79 Å². The lowest BCUT2D eigenvalue weighted by molar-refractivity contribution is 0.252. The van der Waals surface area contributed by atoms with Gasteiger partial charge >= 0.3 is 6.03 Å². The molecule has 2 aromatic heterocycles. The van der Waals surface area contributed by atoms with Crippen LogP contribution in [0.3, 0.4) is 0 Å². The standard InChI is InChI=1S/C17H17BrN6O/c1-3-19-17(25)24-14-7-6-13-16(22-14)23-15(9-20-13)21-12-5-4-10(2)8-11(12)18/h4-9H,3H2,1-2H3,(H3,19,21,22,23,24,25). The number of amides is 2. The van der Waals surface area contributed by atoms with Crippen molar-refractivity contribution >= 4 is 50.4 Å². The Morgan fingerprint density at radius 1 is 1.16 bits per heavy atom. The summed E-state index contributed by atoms with van der Waals surface area (Å²) < 4.78 is 0.939.